The number of allylic oxidation sites excluding steroid dienone is 3. The van der Waals surface area contributed by atoms with Crippen LogP contribution in [-0.2, 0) is 14.3 Å². The number of hydrogen-bond acceptors (Lipinski definition) is 5. The summed E-state index contributed by atoms with van der Waals surface area (Å²) in [6.45, 7) is 3.24. The van der Waals surface area contributed by atoms with Crippen LogP contribution < -0.4 is 4.74 Å². The van der Waals surface area contributed by atoms with Crippen LogP contribution in [0.25, 0.3) is 0 Å². The van der Waals surface area contributed by atoms with E-state index in [0.29, 0.717) is 24.2 Å². The van der Waals surface area contributed by atoms with Gasteiger partial charge in [-0.2, -0.15) is 0 Å². The van der Waals surface area contributed by atoms with Gasteiger partial charge >= 0.3 is 0 Å². The van der Waals surface area contributed by atoms with Crippen molar-refractivity contribution in [1.82, 2.24) is 0 Å². The first-order valence-corrected chi connectivity index (χ1v) is 14.4. The first-order valence-electron chi connectivity index (χ1n) is 14.4. The normalized spacial score (nSPS) is 39.8. The highest BCUT2D eigenvalue weighted by Crippen LogP contribution is 2.66. The molecule has 1 heterocycles. The quantitative estimate of drug-likeness (QED) is 0.418. The Morgan fingerprint density at radius 3 is 2.71 bits per heavy atom. The summed E-state index contributed by atoms with van der Waals surface area (Å²) in [5, 5.41) is 12.1. The lowest BCUT2D eigenvalue weighted by atomic mass is 9.46. The van der Waals surface area contributed by atoms with E-state index in [1.54, 1.807) is 7.11 Å². The summed E-state index contributed by atoms with van der Waals surface area (Å²) in [7, 11) is 1.70. The monoisotopic (exact) mass is 516 g/mol. The van der Waals surface area contributed by atoms with Crippen LogP contribution in [0.2, 0.25) is 0 Å². The van der Waals surface area contributed by atoms with Crippen molar-refractivity contribution in [2.75, 3.05) is 20.3 Å². The van der Waals surface area contributed by atoms with Gasteiger partial charge in [-0.3, -0.25) is 4.79 Å². The molecule has 8 atom stereocenters. The van der Waals surface area contributed by atoms with Crippen molar-refractivity contribution in [3.8, 4) is 17.6 Å². The Bertz CT molecular complexity index is 1170. The fourth-order valence-corrected chi connectivity index (χ4v) is 8.31. The van der Waals surface area contributed by atoms with Gasteiger partial charge in [-0.1, -0.05) is 42.5 Å². The number of ketones is 1. The molecule has 38 heavy (non-hydrogen) atoms. The average Bonchev–Trinajstić information content (AvgIpc) is 3.21. The number of benzene rings is 1. The molecule has 0 bridgehead atoms. The molecule has 1 aromatic carbocycles. The molecular weight excluding hydrogens is 476 g/mol. The summed E-state index contributed by atoms with van der Waals surface area (Å²) in [4.78, 5) is 12.3. The van der Waals surface area contributed by atoms with E-state index in [9.17, 15) is 9.90 Å². The molecule has 0 amide bonds. The number of carbonyl (C=O) groups is 1. The fourth-order valence-electron chi connectivity index (χ4n) is 8.31. The number of aliphatic hydroxyl groups is 1. The molecular formula is C33H40O5. The van der Waals surface area contributed by atoms with Crippen LogP contribution in [0.15, 0.2) is 48.1 Å². The topological polar surface area (TPSA) is 65.0 Å². The molecule has 5 aliphatic rings. The van der Waals surface area contributed by atoms with E-state index >= 15 is 0 Å². The van der Waals surface area contributed by atoms with Crippen molar-refractivity contribution in [2.24, 2.45) is 29.1 Å². The maximum absolute atomic E-state index is 12.3. The SMILES string of the molecule is COc1ccc([C@H]2C[C@@]3(C)[C@@H](C=C[C@@]3(O)C#CCOC3CCCCO3)[C@@H]3CCC4=CC(=O)CC[C@@H]4[C@H]32)cc1. The van der Waals surface area contributed by atoms with E-state index in [1.165, 1.54) is 11.1 Å². The smallest absolute Gasteiger partial charge is 0.158 e. The zero-order valence-electron chi connectivity index (χ0n) is 22.7. The van der Waals surface area contributed by atoms with Gasteiger partial charge in [-0.25, -0.2) is 0 Å². The van der Waals surface area contributed by atoms with E-state index in [0.717, 1.165) is 57.3 Å². The van der Waals surface area contributed by atoms with Gasteiger partial charge in [0.1, 0.15) is 18.0 Å². The largest absolute Gasteiger partial charge is 0.497 e. The van der Waals surface area contributed by atoms with Gasteiger partial charge in [-0.05, 0) is 104 Å². The average molecular weight is 517 g/mol. The van der Waals surface area contributed by atoms with Crippen LogP contribution in [0, 0.1) is 40.9 Å². The van der Waals surface area contributed by atoms with Gasteiger partial charge in [0.25, 0.3) is 0 Å². The maximum Gasteiger partial charge on any atom is 0.158 e. The van der Waals surface area contributed by atoms with Gasteiger partial charge < -0.3 is 19.3 Å². The second-order valence-corrected chi connectivity index (χ2v) is 12.2. The molecule has 5 heteroatoms. The maximum atomic E-state index is 12.3. The summed E-state index contributed by atoms with van der Waals surface area (Å²) < 4.78 is 17.0. The molecule has 1 aromatic rings. The highest BCUT2D eigenvalue weighted by Gasteiger charge is 2.62. The molecule has 0 radical (unpaired) electrons. The predicted octanol–water partition coefficient (Wildman–Crippen LogP) is 5.58. The van der Waals surface area contributed by atoms with Gasteiger partial charge in [0.2, 0.25) is 0 Å². The zero-order valence-corrected chi connectivity index (χ0v) is 22.7. The third-order valence-electron chi connectivity index (χ3n) is 10.3. The third-order valence-corrected chi connectivity index (χ3v) is 10.3. The molecule has 1 aliphatic heterocycles. The Hall–Kier alpha value is -2.39. The number of hydrogen-bond donors (Lipinski definition) is 1. The van der Waals surface area contributed by atoms with Crippen molar-refractivity contribution < 1.29 is 24.1 Å². The highest BCUT2D eigenvalue weighted by atomic mass is 16.7. The van der Waals surface area contributed by atoms with Crippen molar-refractivity contribution in [1.29, 1.82) is 0 Å². The van der Waals surface area contributed by atoms with E-state index in [2.05, 4.69) is 37.0 Å². The number of carbonyl (C=O) groups excluding carboxylic acids is 1. The molecule has 5 nitrogen and oxygen atoms in total. The Kier molecular flexibility index (Phi) is 7.01. The first-order chi connectivity index (χ1) is 18.4. The lowest BCUT2D eigenvalue weighted by Gasteiger charge is -2.58. The Morgan fingerprint density at radius 1 is 1.11 bits per heavy atom. The van der Waals surface area contributed by atoms with Gasteiger partial charge in [0.15, 0.2) is 12.1 Å². The van der Waals surface area contributed by atoms with E-state index in [4.69, 9.17) is 14.2 Å². The lowest BCUT2D eigenvalue weighted by Crippen LogP contribution is -2.55. The predicted molar refractivity (Wildman–Crippen MR) is 145 cm³/mol. The van der Waals surface area contributed by atoms with Gasteiger partial charge in [0, 0.05) is 18.4 Å². The molecule has 1 unspecified atom stereocenters. The van der Waals surface area contributed by atoms with Crippen LogP contribution in [0.1, 0.15) is 69.8 Å². The van der Waals surface area contributed by atoms with Crippen LogP contribution in [0.4, 0.5) is 0 Å². The van der Waals surface area contributed by atoms with Gasteiger partial charge in [0.05, 0.1) is 7.11 Å². The first kappa shape index (κ1) is 25.9. The second-order valence-electron chi connectivity index (χ2n) is 12.2. The number of rotatable bonds is 4. The molecule has 6 rings (SSSR count). The number of fused-ring (bicyclic) bond motifs is 5. The van der Waals surface area contributed by atoms with Crippen molar-refractivity contribution >= 4 is 5.78 Å². The van der Waals surface area contributed by atoms with Crippen LogP contribution in [-0.4, -0.2) is 43.1 Å². The summed E-state index contributed by atoms with van der Waals surface area (Å²) in [6, 6.07) is 8.49. The van der Waals surface area contributed by atoms with Crippen LogP contribution in [0.5, 0.6) is 5.75 Å². The van der Waals surface area contributed by atoms with Crippen LogP contribution >= 0.6 is 0 Å². The summed E-state index contributed by atoms with van der Waals surface area (Å²) in [5.41, 5.74) is 1.03. The molecule has 1 N–H and O–H groups in total. The Labute approximate surface area is 226 Å². The number of ether oxygens (including phenoxy) is 3. The molecule has 0 spiro atoms. The van der Waals surface area contributed by atoms with Crippen molar-refractivity contribution in [3.05, 3.63) is 53.6 Å². The molecule has 1 saturated heterocycles. The minimum Gasteiger partial charge on any atom is -0.497 e. The van der Waals surface area contributed by atoms with E-state index in [-0.39, 0.29) is 30.5 Å². The minimum absolute atomic E-state index is 0.183. The fraction of sp³-hybridized carbons (Fsp3) is 0.606. The Balaban J connectivity index is 1.31. The number of methoxy groups -OCH3 is 1. The Morgan fingerprint density at radius 2 is 1.95 bits per heavy atom. The van der Waals surface area contributed by atoms with E-state index in [1.807, 2.05) is 24.3 Å². The lowest BCUT2D eigenvalue weighted by molar-refractivity contribution is -0.154. The summed E-state index contributed by atoms with van der Waals surface area (Å²) >= 11 is 0. The minimum atomic E-state index is -1.21. The highest BCUT2D eigenvalue weighted by molar-refractivity contribution is 5.91. The van der Waals surface area contributed by atoms with Crippen molar-refractivity contribution in [3.63, 3.8) is 0 Å². The molecule has 3 fully saturated rings. The van der Waals surface area contributed by atoms with E-state index < -0.39 is 11.0 Å². The van der Waals surface area contributed by atoms with Crippen molar-refractivity contribution in [2.45, 2.75) is 76.1 Å². The molecule has 4 aliphatic carbocycles. The standard InChI is InChI=1S/C33H40O5/c1-32-21-28(22-7-11-25(36-2)12-8-22)31-26-14-10-24(34)20-23(26)9-13-27(31)29(32)15-17-33(32,35)16-5-19-38-30-6-3-4-18-37-30/h7-8,11-12,15,17,20,26-31,35H,3-4,6,9-10,13-14,18-19,21H2,1-2H3/t26-,27-,28+,29-,30?,31+,32-,33-/m0/s1. The molecule has 202 valence electrons. The third kappa shape index (κ3) is 4.45. The molecule has 2 saturated carbocycles. The molecule has 0 aromatic heterocycles. The zero-order chi connectivity index (χ0) is 26.3. The van der Waals surface area contributed by atoms with Gasteiger partial charge in [-0.15, -0.1) is 0 Å². The summed E-state index contributed by atoms with van der Waals surface area (Å²) in [5.74, 6) is 9.37. The second kappa shape index (κ2) is 10.3. The summed E-state index contributed by atoms with van der Waals surface area (Å²) in [6.07, 6.45) is 13.5. The van der Waals surface area contributed by atoms with Crippen LogP contribution in [0.3, 0.4) is 0 Å².